The van der Waals surface area contributed by atoms with Crippen LogP contribution in [0.3, 0.4) is 0 Å². The molecule has 0 aromatic heterocycles. The van der Waals surface area contributed by atoms with Crippen LogP contribution in [-0.4, -0.2) is 35.6 Å². The molecule has 2 aromatic rings. The lowest BCUT2D eigenvalue weighted by Gasteiger charge is -2.32. The number of nitrogens with zero attached hydrogens (tertiary/aromatic N) is 1. The molecule has 1 aliphatic heterocycles. The minimum Gasteiger partial charge on any atom is -0.508 e. The fourth-order valence-corrected chi connectivity index (χ4v) is 3.15. The number of rotatable bonds is 5. The van der Waals surface area contributed by atoms with E-state index in [4.69, 9.17) is 4.74 Å². The van der Waals surface area contributed by atoms with Crippen LogP contribution in [0, 0.1) is 11.7 Å². The number of hydrogen-bond acceptors (Lipinski definition) is 3. The van der Waals surface area contributed by atoms with E-state index in [1.54, 1.807) is 30.3 Å². The summed E-state index contributed by atoms with van der Waals surface area (Å²) in [7, 11) is 0. The van der Waals surface area contributed by atoms with Gasteiger partial charge in [0.15, 0.2) is 0 Å². The zero-order chi connectivity index (χ0) is 17.6. The molecule has 0 saturated carbocycles. The number of carbonyl (C=O) groups is 1. The van der Waals surface area contributed by atoms with Gasteiger partial charge in [0, 0.05) is 25.1 Å². The summed E-state index contributed by atoms with van der Waals surface area (Å²) in [4.78, 5) is 14.4. The smallest absolute Gasteiger partial charge is 0.227 e. The second kappa shape index (κ2) is 8.01. The molecule has 1 fully saturated rings. The van der Waals surface area contributed by atoms with Crippen LogP contribution >= 0.6 is 0 Å². The molecule has 4 nitrogen and oxygen atoms in total. The molecule has 1 heterocycles. The van der Waals surface area contributed by atoms with E-state index in [-0.39, 0.29) is 29.8 Å². The van der Waals surface area contributed by atoms with Gasteiger partial charge in [0.1, 0.15) is 17.3 Å². The first kappa shape index (κ1) is 17.3. The minimum absolute atomic E-state index is 0.0565. The van der Waals surface area contributed by atoms with E-state index in [0.29, 0.717) is 18.9 Å². The molecule has 1 aliphatic rings. The fraction of sp³-hybridized carbons (Fsp3) is 0.350. The van der Waals surface area contributed by atoms with Crippen LogP contribution in [-0.2, 0) is 11.2 Å². The number of amides is 1. The van der Waals surface area contributed by atoms with Crippen LogP contribution in [0.2, 0.25) is 0 Å². The number of benzene rings is 2. The average molecular weight is 343 g/mol. The topological polar surface area (TPSA) is 49.8 Å². The zero-order valence-electron chi connectivity index (χ0n) is 14.0. The van der Waals surface area contributed by atoms with Gasteiger partial charge in [-0.15, -0.1) is 0 Å². The van der Waals surface area contributed by atoms with E-state index in [0.717, 1.165) is 24.9 Å². The largest absolute Gasteiger partial charge is 0.508 e. The molecule has 2 aromatic carbocycles. The highest BCUT2D eigenvalue weighted by Gasteiger charge is 2.24. The Balaban J connectivity index is 1.52. The molecule has 0 aliphatic carbocycles. The standard InChI is InChI=1S/C20H22FNO3/c21-17-6-2-8-19(12-17)25-14-16-5-3-9-22(13-16)20(24)11-15-4-1-7-18(23)10-15/h1-2,4,6-8,10,12,16,23H,3,5,9,11,13-14H2/t16-/m1/s1. The quantitative estimate of drug-likeness (QED) is 0.905. The molecule has 3 rings (SSSR count). The maximum atomic E-state index is 13.2. The van der Waals surface area contributed by atoms with Gasteiger partial charge in [0.25, 0.3) is 0 Å². The van der Waals surface area contributed by atoms with Gasteiger partial charge >= 0.3 is 0 Å². The monoisotopic (exact) mass is 343 g/mol. The number of aromatic hydroxyl groups is 1. The van der Waals surface area contributed by atoms with Crippen molar-refractivity contribution in [3.05, 3.63) is 59.9 Å². The molecule has 25 heavy (non-hydrogen) atoms. The van der Waals surface area contributed by atoms with E-state index < -0.39 is 0 Å². The molecular formula is C20H22FNO3. The van der Waals surface area contributed by atoms with Crippen molar-refractivity contribution in [2.24, 2.45) is 5.92 Å². The Labute approximate surface area is 146 Å². The van der Waals surface area contributed by atoms with E-state index in [1.807, 2.05) is 11.0 Å². The Morgan fingerprint density at radius 1 is 1.24 bits per heavy atom. The first-order chi connectivity index (χ1) is 12.1. The Kier molecular flexibility index (Phi) is 5.53. The van der Waals surface area contributed by atoms with Crippen LogP contribution < -0.4 is 4.74 Å². The second-order valence-electron chi connectivity index (χ2n) is 6.46. The van der Waals surface area contributed by atoms with Crippen LogP contribution in [0.5, 0.6) is 11.5 Å². The second-order valence-corrected chi connectivity index (χ2v) is 6.46. The number of likely N-dealkylation sites (tertiary alicyclic amines) is 1. The van der Waals surface area contributed by atoms with Crippen LogP contribution in [0.15, 0.2) is 48.5 Å². The summed E-state index contributed by atoms with van der Waals surface area (Å²) in [6, 6.07) is 12.9. The van der Waals surface area contributed by atoms with E-state index >= 15 is 0 Å². The van der Waals surface area contributed by atoms with Gasteiger partial charge in [-0.3, -0.25) is 4.79 Å². The molecule has 132 valence electrons. The number of hydrogen-bond donors (Lipinski definition) is 1. The van der Waals surface area contributed by atoms with Crippen molar-refractivity contribution >= 4 is 5.91 Å². The Morgan fingerprint density at radius 2 is 2.08 bits per heavy atom. The van der Waals surface area contributed by atoms with Crippen molar-refractivity contribution in [3.63, 3.8) is 0 Å². The van der Waals surface area contributed by atoms with Gasteiger partial charge in [-0.05, 0) is 42.7 Å². The van der Waals surface area contributed by atoms with E-state index in [2.05, 4.69) is 0 Å². The van der Waals surface area contributed by atoms with Crippen molar-refractivity contribution in [1.29, 1.82) is 0 Å². The molecule has 0 radical (unpaired) electrons. The van der Waals surface area contributed by atoms with Crippen molar-refractivity contribution in [3.8, 4) is 11.5 Å². The summed E-state index contributed by atoms with van der Waals surface area (Å²) in [6.07, 6.45) is 2.21. The van der Waals surface area contributed by atoms with Crippen LogP contribution in [0.1, 0.15) is 18.4 Å². The summed E-state index contributed by atoms with van der Waals surface area (Å²) in [5.41, 5.74) is 0.808. The maximum Gasteiger partial charge on any atom is 0.227 e. The highest BCUT2D eigenvalue weighted by molar-refractivity contribution is 5.79. The Morgan fingerprint density at radius 3 is 2.88 bits per heavy atom. The predicted molar refractivity (Wildman–Crippen MR) is 93.0 cm³/mol. The molecule has 0 unspecified atom stereocenters. The Hall–Kier alpha value is -2.56. The molecule has 1 saturated heterocycles. The van der Waals surface area contributed by atoms with Crippen molar-refractivity contribution in [2.45, 2.75) is 19.3 Å². The Bertz CT molecular complexity index is 734. The van der Waals surface area contributed by atoms with Gasteiger partial charge in [0.2, 0.25) is 5.91 Å². The third-order valence-electron chi connectivity index (χ3n) is 4.42. The summed E-state index contributed by atoms with van der Waals surface area (Å²) in [5.74, 6) is 0.670. The van der Waals surface area contributed by atoms with Crippen LogP contribution in [0.4, 0.5) is 4.39 Å². The lowest BCUT2D eigenvalue weighted by atomic mass is 9.98. The average Bonchev–Trinajstić information content (AvgIpc) is 2.60. The normalized spacial score (nSPS) is 17.3. The number of piperidine rings is 1. The number of ether oxygens (including phenoxy) is 1. The minimum atomic E-state index is -0.316. The molecule has 1 amide bonds. The molecule has 1 atom stereocenters. The molecule has 5 heteroatoms. The number of halogens is 1. The highest BCUT2D eigenvalue weighted by atomic mass is 19.1. The van der Waals surface area contributed by atoms with Crippen LogP contribution in [0.25, 0.3) is 0 Å². The van der Waals surface area contributed by atoms with Gasteiger partial charge < -0.3 is 14.7 Å². The summed E-state index contributed by atoms with van der Waals surface area (Å²) >= 11 is 0. The molecule has 0 bridgehead atoms. The van der Waals surface area contributed by atoms with Crippen molar-refractivity contribution in [1.82, 2.24) is 4.90 Å². The van der Waals surface area contributed by atoms with E-state index in [1.165, 1.54) is 12.1 Å². The summed E-state index contributed by atoms with van der Waals surface area (Å²) in [6.45, 7) is 1.86. The third-order valence-corrected chi connectivity index (χ3v) is 4.42. The zero-order valence-corrected chi connectivity index (χ0v) is 14.0. The van der Waals surface area contributed by atoms with Crippen molar-refractivity contribution in [2.75, 3.05) is 19.7 Å². The number of phenolic OH excluding ortho intramolecular Hbond substituents is 1. The van der Waals surface area contributed by atoms with Gasteiger partial charge in [-0.25, -0.2) is 4.39 Å². The van der Waals surface area contributed by atoms with E-state index in [9.17, 15) is 14.3 Å². The number of carbonyl (C=O) groups excluding carboxylic acids is 1. The predicted octanol–water partition coefficient (Wildman–Crippen LogP) is 3.39. The summed E-state index contributed by atoms with van der Waals surface area (Å²) in [5, 5.41) is 9.51. The highest BCUT2D eigenvalue weighted by Crippen LogP contribution is 2.20. The fourth-order valence-electron chi connectivity index (χ4n) is 3.15. The number of phenols is 1. The van der Waals surface area contributed by atoms with Gasteiger partial charge in [-0.1, -0.05) is 18.2 Å². The SMILES string of the molecule is O=C(Cc1cccc(O)c1)N1CCC[C@@H](COc2cccc(F)c2)C1. The van der Waals surface area contributed by atoms with Crippen molar-refractivity contribution < 1.29 is 19.0 Å². The lowest BCUT2D eigenvalue weighted by molar-refractivity contribution is -0.132. The van der Waals surface area contributed by atoms with Gasteiger partial charge in [0.05, 0.1) is 13.0 Å². The first-order valence-electron chi connectivity index (χ1n) is 8.54. The summed E-state index contributed by atoms with van der Waals surface area (Å²) < 4.78 is 18.9. The molecule has 1 N–H and O–H groups in total. The first-order valence-corrected chi connectivity index (χ1v) is 8.54. The maximum absolute atomic E-state index is 13.2. The molecular weight excluding hydrogens is 321 g/mol. The molecule has 0 spiro atoms. The lowest BCUT2D eigenvalue weighted by Crippen LogP contribution is -2.42. The third kappa shape index (κ3) is 4.95. The van der Waals surface area contributed by atoms with Gasteiger partial charge in [-0.2, -0.15) is 0 Å².